The van der Waals surface area contributed by atoms with E-state index in [1.165, 1.54) is 6.07 Å². The fourth-order valence-electron chi connectivity index (χ4n) is 1.80. The van der Waals surface area contributed by atoms with Crippen molar-refractivity contribution in [3.05, 3.63) is 35.4 Å². The summed E-state index contributed by atoms with van der Waals surface area (Å²) in [6, 6.07) is 4.05. The molecule has 0 saturated heterocycles. The van der Waals surface area contributed by atoms with Crippen LogP contribution in [0.5, 0.6) is 0 Å². The van der Waals surface area contributed by atoms with Crippen LogP contribution >= 0.6 is 0 Å². The average Bonchev–Trinajstić information content (AvgIpc) is 2.39. The summed E-state index contributed by atoms with van der Waals surface area (Å²) in [7, 11) is 1.62. The van der Waals surface area contributed by atoms with Gasteiger partial charge in [-0.05, 0) is 30.7 Å². The summed E-state index contributed by atoms with van der Waals surface area (Å²) in [5.74, 6) is -1.63. The van der Waals surface area contributed by atoms with Gasteiger partial charge in [0.1, 0.15) is 0 Å². The number of nitrogens with one attached hydrogen (secondary N) is 1. The minimum atomic E-state index is -0.819. The molecule has 5 heteroatoms. The number of hydrogen-bond donors (Lipinski definition) is 1. The van der Waals surface area contributed by atoms with Crippen LogP contribution in [0.3, 0.4) is 0 Å². The molecule has 0 bridgehead atoms. The predicted octanol–water partition coefficient (Wildman–Crippen LogP) is 2.15. The van der Waals surface area contributed by atoms with Crippen LogP contribution in [0.15, 0.2) is 18.2 Å². The van der Waals surface area contributed by atoms with Crippen molar-refractivity contribution < 1.29 is 18.3 Å². The van der Waals surface area contributed by atoms with Crippen molar-refractivity contribution in [2.45, 2.75) is 19.4 Å². The zero-order valence-corrected chi connectivity index (χ0v) is 11.4. The lowest BCUT2D eigenvalue weighted by Crippen LogP contribution is -2.35. The van der Waals surface area contributed by atoms with Crippen LogP contribution in [-0.4, -0.2) is 39.5 Å². The molecule has 19 heavy (non-hydrogen) atoms. The first-order valence-electron chi connectivity index (χ1n) is 6.41. The maximum Gasteiger partial charge on any atom is 0.159 e. The first kappa shape index (κ1) is 16.0. The Morgan fingerprint density at radius 2 is 2.00 bits per heavy atom. The monoisotopic (exact) mass is 273 g/mol. The minimum absolute atomic E-state index is 0.0757. The summed E-state index contributed by atoms with van der Waals surface area (Å²) in [4.78, 5) is 0. The lowest BCUT2D eigenvalue weighted by molar-refractivity contribution is 0.0589. The van der Waals surface area contributed by atoms with Gasteiger partial charge in [-0.3, -0.25) is 0 Å². The Balaban J connectivity index is 2.49. The molecule has 1 aromatic carbocycles. The molecule has 0 saturated carbocycles. The molecule has 0 fully saturated rings. The van der Waals surface area contributed by atoms with E-state index in [0.29, 0.717) is 26.2 Å². The van der Waals surface area contributed by atoms with Gasteiger partial charge in [-0.2, -0.15) is 0 Å². The van der Waals surface area contributed by atoms with Gasteiger partial charge < -0.3 is 14.8 Å². The maximum absolute atomic E-state index is 13.1. The van der Waals surface area contributed by atoms with E-state index in [1.807, 2.05) is 6.92 Å². The van der Waals surface area contributed by atoms with E-state index in [2.05, 4.69) is 5.32 Å². The number of benzene rings is 1. The van der Waals surface area contributed by atoms with Gasteiger partial charge in [0, 0.05) is 13.2 Å². The van der Waals surface area contributed by atoms with Crippen LogP contribution in [-0.2, 0) is 15.9 Å². The third kappa shape index (κ3) is 6.09. The number of hydrogen-bond acceptors (Lipinski definition) is 3. The Bertz CT molecular complexity index is 374. The minimum Gasteiger partial charge on any atom is -0.382 e. The summed E-state index contributed by atoms with van der Waals surface area (Å²) in [5, 5.41) is 3.26. The molecule has 0 aliphatic rings. The highest BCUT2D eigenvalue weighted by atomic mass is 19.2. The topological polar surface area (TPSA) is 30.5 Å². The highest BCUT2D eigenvalue weighted by Crippen LogP contribution is 2.10. The van der Waals surface area contributed by atoms with Crippen LogP contribution in [0.4, 0.5) is 8.78 Å². The van der Waals surface area contributed by atoms with Crippen molar-refractivity contribution in [1.29, 1.82) is 0 Å². The number of halogens is 2. The first-order chi connectivity index (χ1) is 9.17. The van der Waals surface area contributed by atoms with Crippen molar-refractivity contribution in [1.82, 2.24) is 5.32 Å². The van der Waals surface area contributed by atoms with E-state index < -0.39 is 11.6 Å². The Morgan fingerprint density at radius 3 is 2.63 bits per heavy atom. The predicted molar refractivity (Wildman–Crippen MR) is 70.2 cm³/mol. The van der Waals surface area contributed by atoms with E-state index in [4.69, 9.17) is 9.47 Å². The van der Waals surface area contributed by atoms with Gasteiger partial charge in [0.25, 0.3) is 0 Å². The number of methoxy groups -OCH3 is 1. The van der Waals surface area contributed by atoms with Crippen molar-refractivity contribution in [2.75, 3.05) is 33.5 Å². The van der Waals surface area contributed by atoms with Gasteiger partial charge in [-0.25, -0.2) is 8.78 Å². The Labute approximate surface area is 112 Å². The van der Waals surface area contributed by atoms with E-state index in [-0.39, 0.29) is 6.04 Å². The first-order valence-corrected chi connectivity index (χ1v) is 6.41. The van der Waals surface area contributed by atoms with E-state index >= 15 is 0 Å². The van der Waals surface area contributed by atoms with E-state index in [9.17, 15) is 8.78 Å². The van der Waals surface area contributed by atoms with Crippen LogP contribution in [0, 0.1) is 11.6 Å². The molecule has 1 unspecified atom stereocenters. The van der Waals surface area contributed by atoms with Crippen LogP contribution < -0.4 is 5.32 Å². The molecule has 1 N–H and O–H groups in total. The van der Waals surface area contributed by atoms with Gasteiger partial charge in [-0.1, -0.05) is 13.0 Å². The van der Waals surface area contributed by atoms with Crippen LogP contribution in [0.2, 0.25) is 0 Å². The van der Waals surface area contributed by atoms with Gasteiger partial charge in [0.05, 0.1) is 19.8 Å². The van der Waals surface area contributed by atoms with Crippen molar-refractivity contribution >= 4 is 0 Å². The fourth-order valence-corrected chi connectivity index (χ4v) is 1.80. The zero-order chi connectivity index (χ0) is 14.1. The summed E-state index contributed by atoms with van der Waals surface area (Å²) < 4.78 is 36.3. The van der Waals surface area contributed by atoms with Gasteiger partial charge >= 0.3 is 0 Å². The van der Waals surface area contributed by atoms with Gasteiger partial charge in [0.2, 0.25) is 0 Å². The molecule has 0 aliphatic carbocycles. The summed E-state index contributed by atoms with van der Waals surface area (Å²) >= 11 is 0. The van der Waals surface area contributed by atoms with Crippen molar-refractivity contribution in [3.8, 4) is 0 Å². The molecule has 0 amide bonds. The molecular formula is C14H21F2NO2. The Hall–Kier alpha value is -1.04. The SMILES string of the molecule is CCNC(COCCOC)Cc1ccc(F)c(F)c1. The lowest BCUT2D eigenvalue weighted by atomic mass is 10.1. The smallest absolute Gasteiger partial charge is 0.159 e. The molecular weight excluding hydrogens is 252 g/mol. The Kier molecular flexibility index (Phi) is 7.55. The van der Waals surface area contributed by atoms with Crippen molar-refractivity contribution in [3.63, 3.8) is 0 Å². The molecule has 0 radical (unpaired) electrons. The second kappa shape index (κ2) is 8.96. The molecule has 1 rings (SSSR count). The molecule has 0 heterocycles. The number of rotatable bonds is 9. The third-order valence-corrected chi connectivity index (χ3v) is 2.71. The largest absolute Gasteiger partial charge is 0.382 e. The second-order valence-corrected chi connectivity index (χ2v) is 4.27. The summed E-state index contributed by atoms with van der Waals surface area (Å²) in [6.07, 6.45) is 0.595. The van der Waals surface area contributed by atoms with Crippen LogP contribution in [0.1, 0.15) is 12.5 Å². The van der Waals surface area contributed by atoms with E-state index in [0.717, 1.165) is 18.2 Å². The molecule has 108 valence electrons. The average molecular weight is 273 g/mol. The molecule has 1 aromatic rings. The quantitative estimate of drug-likeness (QED) is 0.699. The second-order valence-electron chi connectivity index (χ2n) is 4.27. The van der Waals surface area contributed by atoms with E-state index in [1.54, 1.807) is 13.2 Å². The summed E-state index contributed by atoms with van der Waals surface area (Å²) in [6.45, 7) is 4.37. The standard InChI is InChI=1S/C14H21F2NO2/c1-3-17-12(10-19-7-6-18-2)8-11-4-5-13(15)14(16)9-11/h4-5,9,12,17H,3,6-8,10H2,1-2H3. The molecule has 0 aromatic heterocycles. The lowest BCUT2D eigenvalue weighted by Gasteiger charge is -2.18. The Morgan fingerprint density at radius 1 is 1.21 bits per heavy atom. The third-order valence-electron chi connectivity index (χ3n) is 2.71. The van der Waals surface area contributed by atoms with Crippen molar-refractivity contribution in [2.24, 2.45) is 0 Å². The number of ether oxygens (including phenoxy) is 2. The highest BCUT2D eigenvalue weighted by Gasteiger charge is 2.10. The summed E-state index contributed by atoms with van der Waals surface area (Å²) in [5.41, 5.74) is 0.750. The zero-order valence-electron chi connectivity index (χ0n) is 11.4. The molecule has 0 aliphatic heterocycles. The molecule has 3 nitrogen and oxygen atoms in total. The maximum atomic E-state index is 13.1. The number of likely N-dealkylation sites (N-methyl/N-ethyl adjacent to an activating group) is 1. The fraction of sp³-hybridized carbons (Fsp3) is 0.571. The highest BCUT2D eigenvalue weighted by molar-refractivity contribution is 5.18. The molecule has 0 spiro atoms. The normalized spacial score (nSPS) is 12.6. The van der Waals surface area contributed by atoms with Gasteiger partial charge in [-0.15, -0.1) is 0 Å². The molecule has 1 atom stereocenters. The van der Waals surface area contributed by atoms with Gasteiger partial charge in [0.15, 0.2) is 11.6 Å². The van der Waals surface area contributed by atoms with Crippen LogP contribution in [0.25, 0.3) is 0 Å².